The Balaban J connectivity index is 1.34. The highest BCUT2D eigenvalue weighted by molar-refractivity contribution is 6.01. The quantitative estimate of drug-likeness (QED) is 0.265. The zero-order chi connectivity index (χ0) is 34.5. The molecule has 262 valence electrons. The van der Waals surface area contributed by atoms with E-state index in [1.54, 1.807) is 30.8 Å². The molecule has 1 aromatic heterocycles. The number of halogens is 2. The fourth-order valence-electron chi connectivity index (χ4n) is 6.80. The Hall–Kier alpha value is -3.91. The van der Waals surface area contributed by atoms with E-state index in [0.29, 0.717) is 42.7 Å². The number of piperazine rings is 1. The predicted octanol–water partition coefficient (Wildman–Crippen LogP) is 2.56. The van der Waals surface area contributed by atoms with E-state index in [0.717, 1.165) is 25.7 Å². The van der Waals surface area contributed by atoms with Gasteiger partial charge in [-0.1, -0.05) is 13.0 Å². The summed E-state index contributed by atoms with van der Waals surface area (Å²) in [5.74, 6) is -2.62. The lowest BCUT2D eigenvalue weighted by molar-refractivity contribution is -0.140. The van der Waals surface area contributed by atoms with Gasteiger partial charge >= 0.3 is 0 Å². The lowest BCUT2D eigenvalue weighted by Crippen LogP contribution is -2.59. The van der Waals surface area contributed by atoms with E-state index in [-0.39, 0.29) is 24.8 Å². The van der Waals surface area contributed by atoms with Crippen LogP contribution in [0.4, 0.5) is 14.5 Å². The highest BCUT2D eigenvalue weighted by Gasteiger charge is 2.48. The molecule has 48 heavy (non-hydrogen) atoms. The summed E-state index contributed by atoms with van der Waals surface area (Å²) in [4.78, 5) is 56.8. The first-order chi connectivity index (χ1) is 23.1. The number of alkyl halides is 1. The molecule has 2 heterocycles. The van der Waals surface area contributed by atoms with Gasteiger partial charge in [0.15, 0.2) is 0 Å². The van der Waals surface area contributed by atoms with Gasteiger partial charge in [-0.15, -0.1) is 0 Å². The number of nitrogens with one attached hydrogen (secondary N) is 3. The molecule has 2 aromatic rings. The summed E-state index contributed by atoms with van der Waals surface area (Å²) in [6.07, 6.45) is 5.48. The largest absolute Gasteiger partial charge is 0.375 e. The summed E-state index contributed by atoms with van der Waals surface area (Å²) in [6.45, 7) is 4.17. The SMILES string of the molecule is CCn1nccc1C(=O)N[C@H](C(=O)Nc1ccc([C@H](C)[C@@H](NC(=O)COC)C(=O)N2CCN(C)C(CF)C2)cc1F)C(C1CC1)C1CC1. The van der Waals surface area contributed by atoms with E-state index in [1.807, 2.05) is 11.8 Å². The number of anilines is 1. The number of likely N-dealkylation sites (N-methyl/N-ethyl adjacent to an activating group) is 1. The van der Waals surface area contributed by atoms with Crippen LogP contribution in [0.25, 0.3) is 0 Å². The maximum absolute atomic E-state index is 15.7. The lowest BCUT2D eigenvalue weighted by atomic mass is 9.88. The Morgan fingerprint density at radius 1 is 1.04 bits per heavy atom. The van der Waals surface area contributed by atoms with E-state index in [4.69, 9.17) is 4.74 Å². The van der Waals surface area contributed by atoms with E-state index >= 15 is 4.39 Å². The van der Waals surface area contributed by atoms with Crippen LogP contribution in [0.3, 0.4) is 0 Å². The molecule has 0 spiro atoms. The van der Waals surface area contributed by atoms with Gasteiger partial charge in [0.05, 0.1) is 11.7 Å². The minimum Gasteiger partial charge on any atom is -0.375 e. The predicted molar refractivity (Wildman–Crippen MR) is 174 cm³/mol. The zero-order valence-corrected chi connectivity index (χ0v) is 28.1. The average molecular weight is 672 g/mol. The molecule has 2 saturated carbocycles. The molecule has 4 atom stereocenters. The van der Waals surface area contributed by atoms with Crippen molar-refractivity contribution in [2.75, 3.05) is 52.4 Å². The Morgan fingerprint density at radius 3 is 2.35 bits per heavy atom. The smallest absolute Gasteiger partial charge is 0.270 e. The molecule has 12 nitrogen and oxygen atoms in total. The Labute approximate surface area is 279 Å². The van der Waals surface area contributed by atoms with Gasteiger partial charge in [-0.05, 0) is 81.2 Å². The second-order valence-electron chi connectivity index (χ2n) is 13.3. The van der Waals surface area contributed by atoms with Gasteiger partial charge in [-0.2, -0.15) is 5.10 Å². The number of hydrogen-bond donors (Lipinski definition) is 3. The summed E-state index contributed by atoms with van der Waals surface area (Å²) in [5, 5.41) is 12.6. The van der Waals surface area contributed by atoms with Crippen LogP contribution in [0.1, 0.15) is 61.5 Å². The number of amides is 4. The number of aryl methyl sites for hydroxylation is 1. The van der Waals surface area contributed by atoms with Crippen molar-refractivity contribution in [3.63, 3.8) is 0 Å². The van der Waals surface area contributed by atoms with Crippen LogP contribution in [0, 0.1) is 23.6 Å². The highest BCUT2D eigenvalue weighted by atomic mass is 19.1. The molecule has 4 amide bonds. The maximum Gasteiger partial charge on any atom is 0.270 e. The summed E-state index contributed by atoms with van der Waals surface area (Å²) in [5.41, 5.74) is 0.711. The van der Waals surface area contributed by atoms with Crippen LogP contribution in [-0.4, -0.2) is 108 Å². The van der Waals surface area contributed by atoms with Gasteiger partial charge in [-0.25, -0.2) is 8.78 Å². The molecule has 14 heteroatoms. The third-order valence-electron chi connectivity index (χ3n) is 9.94. The van der Waals surface area contributed by atoms with Crippen molar-refractivity contribution in [2.45, 2.75) is 70.1 Å². The fraction of sp³-hybridized carbons (Fsp3) is 0.618. The second kappa shape index (κ2) is 15.5. The molecule has 0 radical (unpaired) electrons. The van der Waals surface area contributed by atoms with Crippen molar-refractivity contribution in [1.29, 1.82) is 0 Å². The Morgan fingerprint density at radius 2 is 1.75 bits per heavy atom. The van der Waals surface area contributed by atoms with Crippen LogP contribution in [-0.2, 0) is 25.7 Å². The average Bonchev–Trinajstić information content (AvgIpc) is 4.03. The van der Waals surface area contributed by atoms with Gasteiger partial charge in [0.25, 0.3) is 5.91 Å². The molecule has 1 unspecified atom stereocenters. The topological polar surface area (TPSA) is 138 Å². The monoisotopic (exact) mass is 671 g/mol. The van der Waals surface area contributed by atoms with Crippen LogP contribution >= 0.6 is 0 Å². The van der Waals surface area contributed by atoms with Crippen molar-refractivity contribution in [1.82, 2.24) is 30.2 Å². The molecule has 1 aromatic carbocycles. The number of hydrogen-bond acceptors (Lipinski definition) is 7. The number of ether oxygens (including phenoxy) is 1. The molecule has 1 saturated heterocycles. The molecule has 3 aliphatic rings. The minimum absolute atomic E-state index is 0.0524. The number of rotatable bonds is 15. The summed E-state index contributed by atoms with van der Waals surface area (Å²) < 4.78 is 35.9. The van der Waals surface area contributed by atoms with Gasteiger partial charge in [0, 0.05) is 45.4 Å². The molecular formula is C34H47F2N7O5. The van der Waals surface area contributed by atoms with E-state index in [2.05, 4.69) is 21.0 Å². The van der Waals surface area contributed by atoms with Crippen LogP contribution in [0.2, 0.25) is 0 Å². The van der Waals surface area contributed by atoms with Gasteiger partial charge in [0.1, 0.15) is 36.9 Å². The molecule has 3 fully saturated rings. The summed E-state index contributed by atoms with van der Waals surface area (Å²) in [6, 6.07) is 3.50. The summed E-state index contributed by atoms with van der Waals surface area (Å²) in [7, 11) is 3.16. The number of nitrogens with zero attached hydrogens (tertiary/aromatic N) is 4. The van der Waals surface area contributed by atoms with E-state index in [1.165, 1.54) is 30.3 Å². The third-order valence-corrected chi connectivity index (χ3v) is 9.94. The molecule has 3 N–H and O–H groups in total. The number of carbonyl (C=O) groups is 4. The van der Waals surface area contributed by atoms with Gasteiger partial charge in [0.2, 0.25) is 17.7 Å². The maximum atomic E-state index is 15.7. The second-order valence-corrected chi connectivity index (χ2v) is 13.3. The number of aromatic nitrogens is 2. The van der Waals surface area contributed by atoms with Crippen LogP contribution < -0.4 is 16.0 Å². The first-order valence-corrected chi connectivity index (χ1v) is 16.8. The van der Waals surface area contributed by atoms with Gasteiger partial charge in [-0.3, -0.25) is 28.8 Å². The van der Waals surface area contributed by atoms with Crippen molar-refractivity contribution >= 4 is 29.3 Å². The summed E-state index contributed by atoms with van der Waals surface area (Å²) >= 11 is 0. The van der Waals surface area contributed by atoms with Crippen molar-refractivity contribution < 1.29 is 32.7 Å². The molecule has 0 bridgehead atoms. The van der Waals surface area contributed by atoms with Crippen LogP contribution in [0.15, 0.2) is 30.5 Å². The normalized spacial score (nSPS) is 20.2. The Kier molecular flexibility index (Phi) is 11.5. The molecule has 1 aliphatic heterocycles. The van der Waals surface area contributed by atoms with Gasteiger partial charge < -0.3 is 25.6 Å². The van der Waals surface area contributed by atoms with Crippen molar-refractivity contribution in [3.05, 3.63) is 47.5 Å². The first kappa shape index (κ1) is 35.4. The van der Waals surface area contributed by atoms with Crippen LogP contribution in [0.5, 0.6) is 0 Å². The van der Waals surface area contributed by atoms with E-state index in [9.17, 15) is 23.6 Å². The molecule has 2 aliphatic carbocycles. The highest BCUT2D eigenvalue weighted by Crippen LogP contribution is 2.51. The third kappa shape index (κ3) is 8.20. The Bertz CT molecular complexity index is 1470. The number of benzene rings is 1. The van der Waals surface area contributed by atoms with E-state index < -0.39 is 60.2 Å². The number of methoxy groups -OCH3 is 1. The first-order valence-electron chi connectivity index (χ1n) is 16.8. The zero-order valence-electron chi connectivity index (χ0n) is 28.1. The fourth-order valence-corrected chi connectivity index (χ4v) is 6.80. The molecule has 5 rings (SSSR count). The number of carbonyl (C=O) groups excluding carboxylic acids is 4. The van der Waals surface area contributed by atoms with Crippen molar-refractivity contribution in [3.8, 4) is 0 Å². The van der Waals surface area contributed by atoms with Crippen molar-refractivity contribution in [2.24, 2.45) is 17.8 Å². The minimum atomic E-state index is -1.06. The lowest BCUT2D eigenvalue weighted by Gasteiger charge is -2.40. The standard InChI is InChI=1S/C34H47F2N7O5/c1-5-43-27(12-13-37-43)32(45)40-31(29(21-6-7-21)22-8-9-22)33(46)38-26-11-10-23(16-25(26)36)20(2)30(39-28(44)19-48-4)34(47)42-15-14-41(3)24(17-35)18-42/h10-13,16,20-22,24,29-31H,5-9,14-15,17-19H2,1-4H3,(H,38,46)(H,39,44)(H,40,45)/t20-,24?,30+,31-/m0/s1. The molecular weight excluding hydrogens is 624 g/mol.